The first-order valence-electron chi connectivity index (χ1n) is 7.67. The Morgan fingerprint density at radius 2 is 2.00 bits per heavy atom. The maximum atomic E-state index is 12.0. The van der Waals surface area contributed by atoms with Gasteiger partial charge in [0.25, 0.3) is 0 Å². The van der Waals surface area contributed by atoms with Crippen molar-refractivity contribution in [3.8, 4) is 0 Å². The number of cyclic esters (lactones) is 1. The molecule has 0 spiro atoms. The van der Waals surface area contributed by atoms with Gasteiger partial charge >= 0.3 is 5.97 Å². The van der Waals surface area contributed by atoms with Crippen LogP contribution in [0, 0.1) is 6.92 Å². The van der Waals surface area contributed by atoms with Crippen molar-refractivity contribution in [2.45, 2.75) is 26.9 Å². The molecule has 2 aromatic rings. The SMILES string of the molecule is CCN(CC)c1ccc(C2OC(=O)c3cccnc32)c(C)c1. The highest BCUT2D eigenvalue weighted by atomic mass is 16.5. The van der Waals surface area contributed by atoms with E-state index >= 15 is 0 Å². The molecule has 4 heteroatoms. The van der Waals surface area contributed by atoms with Crippen LogP contribution in [0.1, 0.15) is 47.1 Å². The summed E-state index contributed by atoms with van der Waals surface area (Å²) < 4.78 is 5.54. The molecule has 22 heavy (non-hydrogen) atoms. The summed E-state index contributed by atoms with van der Waals surface area (Å²) in [5.74, 6) is -0.291. The zero-order valence-electron chi connectivity index (χ0n) is 13.2. The molecule has 0 amide bonds. The third-order valence-corrected chi connectivity index (χ3v) is 4.20. The molecule has 1 aromatic heterocycles. The molecule has 0 fully saturated rings. The van der Waals surface area contributed by atoms with E-state index in [1.54, 1.807) is 18.3 Å². The average molecular weight is 296 g/mol. The molecule has 0 bridgehead atoms. The summed E-state index contributed by atoms with van der Waals surface area (Å²) in [5, 5.41) is 0. The first kappa shape index (κ1) is 14.6. The van der Waals surface area contributed by atoms with Crippen molar-refractivity contribution in [2.75, 3.05) is 18.0 Å². The molecule has 0 radical (unpaired) electrons. The molecule has 1 atom stereocenters. The Labute approximate surface area is 130 Å². The van der Waals surface area contributed by atoms with Crippen LogP contribution in [0.4, 0.5) is 5.69 Å². The van der Waals surface area contributed by atoms with Crippen molar-refractivity contribution in [2.24, 2.45) is 0 Å². The highest BCUT2D eigenvalue weighted by molar-refractivity contribution is 5.93. The monoisotopic (exact) mass is 296 g/mol. The third-order valence-electron chi connectivity index (χ3n) is 4.20. The number of fused-ring (bicyclic) bond motifs is 1. The number of rotatable bonds is 4. The number of esters is 1. The van der Waals surface area contributed by atoms with Crippen molar-refractivity contribution in [3.05, 3.63) is 58.9 Å². The quantitative estimate of drug-likeness (QED) is 0.810. The summed E-state index contributed by atoms with van der Waals surface area (Å²) in [5.41, 5.74) is 4.59. The van der Waals surface area contributed by atoms with E-state index < -0.39 is 6.10 Å². The van der Waals surface area contributed by atoms with Crippen LogP contribution in [0.3, 0.4) is 0 Å². The van der Waals surface area contributed by atoms with E-state index in [4.69, 9.17) is 4.74 Å². The van der Waals surface area contributed by atoms with Crippen LogP contribution in [0.2, 0.25) is 0 Å². The fraction of sp³-hybridized carbons (Fsp3) is 0.333. The van der Waals surface area contributed by atoms with Crippen LogP contribution in [-0.2, 0) is 4.74 Å². The highest BCUT2D eigenvalue weighted by Crippen LogP contribution is 2.36. The van der Waals surface area contributed by atoms with E-state index in [1.165, 1.54) is 5.69 Å². The first-order chi connectivity index (χ1) is 10.7. The van der Waals surface area contributed by atoms with Crippen molar-refractivity contribution < 1.29 is 9.53 Å². The Hall–Kier alpha value is -2.36. The zero-order chi connectivity index (χ0) is 15.7. The Kier molecular flexibility index (Phi) is 3.84. The second kappa shape index (κ2) is 5.79. The van der Waals surface area contributed by atoms with Crippen molar-refractivity contribution >= 4 is 11.7 Å². The van der Waals surface area contributed by atoms with Crippen LogP contribution < -0.4 is 4.90 Å². The number of aromatic nitrogens is 1. The summed E-state index contributed by atoms with van der Waals surface area (Å²) in [7, 11) is 0. The molecule has 2 heterocycles. The van der Waals surface area contributed by atoms with Gasteiger partial charge in [-0.25, -0.2) is 4.79 Å². The Bertz CT molecular complexity index is 708. The number of anilines is 1. The van der Waals surface area contributed by atoms with Gasteiger partial charge in [0.05, 0.1) is 5.56 Å². The predicted octanol–water partition coefficient (Wildman–Crippen LogP) is 3.50. The van der Waals surface area contributed by atoms with E-state index in [-0.39, 0.29) is 5.97 Å². The van der Waals surface area contributed by atoms with Gasteiger partial charge in [0.15, 0.2) is 6.10 Å². The number of carbonyl (C=O) groups is 1. The van der Waals surface area contributed by atoms with Gasteiger partial charge in [-0.2, -0.15) is 0 Å². The Morgan fingerprint density at radius 3 is 2.68 bits per heavy atom. The summed E-state index contributed by atoms with van der Waals surface area (Å²) in [6.07, 6.45) is 1.31. The van der Waals surface area contributed by atoms with Crippen molar-refractivity contribution in [1.29, 1.82) is 0 Å². The lowest BCUT2D eigenvalue weighted by Crippen LogP contribution is -2.22. The lowest BCUT2D eigenvalue weighted by molar-refractivity contribution is 0.0452. The zero-order valence-corrected chi connectivity index (χ0v) is 13.2. The van der Waals surface area contributed by atoms with Crippen LogP contribution >= 0.6 is 0 Å². The van der Waals surface area contributed by atoms with Gasteiger partial charge in [-0.3, -0.25) is 4.98 Å². The normalized spacial score (nSPS) is 16.3. The molecule has 3 rings (SSSR count). The van der Waals surface area contributed by atoms with Crippen molar-refractivity contribution in [1.82, 2.24) is 4.98 Å². The number of hydrogen-bond donors (Lipinski definition) is 0. The summed E-state index contributed by atoms with van der Waals surface area (Å²) in [4.78, 5) is 18.6. The molecule has 1 unspecified atom stereocenters. The lowest BCUT2D eigenvalue weighted by Gasteiger charge is -2.23. The third kappa shape index (κ3) is 2.34. The van der Waals surface area contributed by atoms with Gasteiger partial charge in [-0.05, 0) is 50.6 Å². The molecule has 1 aliphatic heterocycles. The van der Waals surface area contributed by atoms with E-state index in [9.17, 15) is 4.79 Å². The van der Waals surface area contributed by atoms with Crippen LogP contribution in [0.25, 0.3) is 0 Å². The van der Waals surface area contributed by atoms with Gasteiger partial charge in [-0.1, -0.05) is 6.07 Å². The van der Waals surface area contributed by atoms with E-state index in [0.29, 0.717) is 11.3 Å². The molecular weight excluding hydrogens is 276 g/mol. The molecule has 114 valence electrons. The highest BCUT2D eigenvalue weighted by Gasteiger charge is 2.34. The van der Waals surface area contributed by atoms with Crippen LogP contribution in [-0.4, -0.2) is 24.0 Å². The Morgan fingerprint density at radius 1 is 1.23 bits per heavy atom. The molecule has 1 aromatic carbocycles. The lowest BCUT2D eigenvalue weighted by atomic mass is 9.99. The molecule has 0 saturated heterocycles. The fourth-order valence-corrected chi connectivity index (χ4v) is 2.98. The maximum Gasteiger partial charge on any atom is 0.341 e. The van der Waals surface area contributed by atoms with Gasteiger partial charge in [0.1, 0.15) is 5.69 Å². The number of ether oxygens (including phenoxy) is 1. The summed E-state index contributed by atoms with van der Waals surface area (Å²) >= 11 is 0. The molecule has 0 aliphatic carbocycles. The molecular formula is C18H20N2O2. The fourth-order valence-electron chi connectivity index (χ4n) is 2.98. The molecule has 0 N–H and O–H groups in total. The summed E-state index contributed by atoms with van der Waals surface area (Å²) in [6, 6.07) is 9.81. The minimum atomic E-state index is -0.394. The summed E-state index contributed by atoms with van der Waals surface area (Å²) in [6.45, 7) is 8.28. The van der Waals surface area contributed by atoms with Gasteiger partial charge < -0.3 is 9.64 Å². The van der Waals surface area contributed by atoms with E-state index in [2.05, 4.69) is 42.8 Å². The smallest absolute Gasteiger partial charge is 0.341 e. The molecule has 0 saturated carbocycles. The van der Waals surface area contributed by atoms with Gasteiger partial charge in [0, 0.05) is 30.5 Å². The topological polar surface area (TPSA) is 42.4 Å². The standard InChI is InChI=1S/C18H20N2O2/c1-4-20(5-2)13-8-9-14(12(3)11-13)17-16-15(18(21)22-17)7-6-10-19-16/h6-11,17H,4-5H2,1-3H3. The molecule has 1 aliphatic rings. The maximum absolute atomic E-state index is 12.0. The second-order valence-electron chi connectivity index (χ2n) is 5.43. The number of aryl methyl sites for hydroxylation is 1. The Balaban J connectivity index is 1.99. The van der Waals surface area contributed by atoms with Gasteiger partial charge in [-0.15, -0.1) is 0 Å². The molecule has 4 nitrogen and oxygen atoms in total. The van der Waals surface area contributed by atoms with E-state index in [0.717, 1.165) is 24.2 Å². The van der Waals surface area contributed by atoms with Gasteiger partial charge in [0.2, 0.25) is 0 Å². The first-order valence-corrected chi connectivity index (χ1v) is 7.67. The predicted molar refractivity (Wildman–Crippen MR) is 86.2 cm³/mol. The number of benzene rings is 1. The van der Waals surface area contributed by atoms with Crippen molar-refractivity contribution in [3.63, 3.8) is 0 Å². The average Bonchev–Trinajstić information content (AvgIpc) is 2.86. The minimum Gasteiger partial charge on any atom is -0.447 e. The largest absolute Gasteiger partial charge is 0.447 e. The number of hydrogen-bond acceptors (Lipinski definition) is 4. The second-order valence-corrected chi connectivity index (χ2v) is 5.43. The minimum absolute atomic E-state index is 0.291. The number of pyridine rings is 1. The number of carbonyl (C=O) groups excluding carboxylic acids is 1. The van der Waals surface area contributed by atoms with E-state index in [1.807, 2.05) is 6.07 Å². The van der Waals surface area contributed by atoms with Crippen LogP contribution in [0.5, 0.6) is 0 Å². The van der Waals surface area contributed by atoms with Crippen LogP contribution in [0.15, 0.2) is 36.5 Å². The number of nitrogens with zero attached hydrogens (tertiary/aromatic N) is 2.